The van der Waals surface area contributed by atoms with Gasteiger partial charge >= 0.3 is 27.0 Å². The van der Waals surface area contributed by atoms with Crippen molar-refractivity contribution >= 4 is 60.1 Å². The van der Waals surface area contributed by atoms with Gasteiger partial charge in [-0.05, 0) is 34.7 Å². The molecule has 0 bridgehead atoms. The van der Waals surface area contributed by atoms with Gasteiger partial charge < -0.3 is 4.79 Å². The Balaban J connectivity index is -0.000000191. The van der Waals surface area contributed by atoms with Crippen LogP contribution in [0.25, 0.3) is 0 Å². The molecule has 0 saturated heterocycles. The fourth-order valence-corrected chi connectivity index (χ4v) is 9.72. The second-order valence-corrected chi connectivity index (χ2v) is 19.7. The zero-order valence-corrected chi connectivity index (χ0v) is 28.2. The molecule has 1 aromatic carbocycles. The fraction of sp³-hybridized carbons (Fsp3) is 0.625. The first-order chi connectivity index (χ1) is 16.0. The van der Waals surface area contributed by atoms with Gasteiger partial charge in [0.2, 0.25) is 0 Å². The zero-order chi connectivity index (χ0) is 29.0. The summed E-state index contributed by atoms with van der Waals surface area (Å²) in [7, 11) is -3.67. The molecule has 1 radical (unpaired) electrons. The first kappa shape index (κ1) is 45.6. The molecule has 0 amide bonds. The van der Waals surface area contributed by atoms with Crippen LogP contribution in [0.2, 0.25) is 0 Å². The first-order valence-corrected chi connectivity index (χ1v) is 16.9. The molecule has 3 nitrogen and oxygen atoms in total. The van der Waals surface area contributed by atoms with Gasteiger partial charge in [0.15, 0.2) is 0 Å². The van der Waals surface area contributed by atoms with Gasteiger partial charge in [-0.2, -0.15) is 41.7 Å². The van der Waals surface area contributed by atoms with Crippen LogP contribution in [0.5, 0.6) is 0 Å². The minimum Gasteiger partial charge on any atom is -0.542 e. The average molecular weight is 669 g/mol. The van der Waals surface area contributed by atoms with E-state index in [0.717, 1.165) is 0 Å². The molecule has 0 spiro atoms. The van der Waals surface area contributed by atoms with Crippen molar-refractivity contribution in [3.05, 3.63) is 24.3 Å². The number of halogens is 3. The Morgan fingerprint density at radius 2 is 1.00 bits per heavy atom. The van der Waals surface area contributed by atoms with Crippen LogP contribution in [0.3, 0.4) is 0 Å². The molecule has 0 aliphatic rings. The van der Waals surface area contributed by atoms with Crippen LogP contribution in [0, 0.1) is 28.7 Å². The minimum atomic E-state index is -3.67. The van der Waals surface area contributed by atoms with Crippen molar-refractivity contribution in [1.29, 1.82) is 10.5 Å². The number of hydrogen-bond donors (Lipinski definition) is 0. The minimum absolute atomic E-state index is 0. The van der Waals surface area contributed by atoms with Gasteiger partial charge in [-0.1, -0.05) is 79.0 Å². The maximum Gasteiger partial charge on any atom is 2.00 e. The van der Waals surface area contributed by atoms with Gasteiger partial charge in [-0.15, -0.1) is 10.6 Å². The van der Waals surface area contributed by atoms with E-state index in [0.29, 0.717) is 22.6 Å². The fourth-order valence-electron chi connectivity index (χ4n) is 3.16. The molecule has 0 atom stereocenters. The van der Waals surface area contributed by atoms with Crippen molar-refractivity contribution in [1.82, 2.24) is 0 Å². The van der Waals surface area contributed by atoms with Crippen molar-refractivity contribution in [3.63, 3.8) is 0 Å². The van der Waals surface area contributed by atoms with Gasteiger partial charge in [0.25, 0.3) is 0 Å². The van der Waals surface area contributed by atoms with E-state index in [4.69, 9.17) is 38.9 Å². The normalized spacial score (nSPS) is 9.89. The Labute approximate surface area is 242 Å². The van der Waals surface area contributed by atoms with E-state index >= 15 is 0 Å². The van der Waals surface area contributed by atoms with Gasteiger partial charge in [0.05, 0.1) is 12.1 Å². The standard InChI is InChI=1S/C18H31P2S2.2C2H3N.C2H3O.BF3.Rh/c1-13(2)19(21,14(3)4)17-10-9-11-18(12-17)20(22,15(5)6)16(7)8;3*1-2-3;2-1(3)4;/h9-11,13-16H,1-8H3;3*1H3;;/q-1;;;-1;;+2. The Bertz CT molecular complexity index is 803. The summed E-state index contributed by atoms with van der Waals surface area (Å²) >= 11 is 12.4. The summed E-state index contributed by atoms with van der Waals surface area (Å²) in [5, 5.41) is 17.2. The number of rotatable bonds is 6. The molecular weight excluding hydrogens is 629 g/mol. The zero-order valence-electron chi connectivity index (χ0n) is 23.1. The summed E-state index contributed by atoms with van der Waals surface area (Å²) in [5.41, 5.74) is 2.02. The van der Waals surface area contributed by atoms with E-state index in [1.54, 1.807) is 12.1 Å². The van der Waals surface area contributed by atoms with E-state index in [9.17, 15) is 12.9 Å². The predicted octanol–water partition coefficient (Wildman–Crippen LogP) is 7.38. The third kappa shape index (κ3) is 17.2. The van der Waals surface area contributed by atoms with Gasteiger partial charge in [-0.25, -0.2) is 0 Å². The van der Waals surface area contributed by atoms with E-state index in [-0.39, 0.29) is 19.5 Å². The summed E-state index contributed by atoms with van der Waals surface area (Å²) in [6, 6.07) is 10.6. The van der Waals surface area contributed by atoms with Crippen molar-refractivity contribution in [2.45, 2.75) is 98.8 Å². The maximum atomic E-state index is 9.67. The molecule has 0 unspecified atom stereocenters. The molecule has 0 aromatic heterocycles. The second-order valence-electron chi connectivity index (χ2n) is 8.11. The number of nitriles is 2. The molecule has 0 heterocycles. The molecule has 0 aliphatic heterocycles. The third-order valence-corrected chi connectivity index (χ3v) is 19.0. The summed E-state index contributed by atoms with van der Waals surface area (Å²) in [5.74, 6) is 0. The van der Waals surface area contributed by atoms with E-state index in [1.807, 2.05) is 0 Å². The SMILES string of the molecule is CC#N.CC#N.CC(C)P(=S)(c1[c-]c(P(=S)(C(C)C)C(C)C)ccc1)C(C)C.C[C-]=O.FB(F)F.[Rh+2]. The van der Waals surface area contributed by atoms with Gasteiger partial charge in [-0.3, -0.25) is 19.2 Å². The smallest absolute Gasteiger partial charge is 0.542 e. The van der Waals surface area contributed by atoms with E-state index in [1.165, 1.54) is 37.7 Å². The van der Waals surface area contributed by atoms with Crippen LogP contribution in [-0.2, 0) is 47.9 Å². The maximum absolute atomic E-state index is 9.67. The molecule has 0 N–H and O–H groups in total. The topological polar surface area (TPSA) is 64.7 Å². The monoisotopic (exact) mass is 669 g/mol. The van der Waals surface area contributed by atoms with Crippen molar-refractivity contribution in [2.24, 2.45) is 0 Å². The summed E-state index contributed by atoms with van der Waals surface area (Å²) in [6.45, 7) is 22.3. The average Bonchev–Trinajstić information content (AvgIpc) is 2.73. The molecular formula is C24H40BF3N2OP2RhS2. The molecule has 0 saturated carbocycles. The van der Waals surface area contributed by atoms with Crippen molar-refractivity contribution < 1.29 is 37.2 Å². The van der Waals surface area contributed by atoms with Crippen molar-refractivity contribution in [3.8, 4) is 12.1 Å². The van der Waals surface area contributed by atoms with E-state index in [2.05, 4.69) is 79.7 Å². The Kier molecular flexibility index (Phi) is 31.6. The Hall–Kier alpha value is -0.352. The molecule has 0 aliphatic carbocycles. The predicted molar refractivity (Wildman–Crippen MR) is 157 cm³/mol. The summed E-state index contributed by atoms with van der Waals surface area (Å²) in [4.78, 5) is 8.68. The molecule has 0 fully saturated rings. The van der Waals surface area contributed by atoms with Crippen LogP contribution < -0.4 is 10.6 Å². The van der Waals surface area contributed by atoms with Crippen molar-refractivity contribution in [2.75, 3.05) is 0 Å². The number of nitrogens with zero attached hydrogens (tertiary/aromatic N) is 2. The second kappa shape index (κ2) is 25.0. The Morgan fingerprint density at radius 3 is 1.14 bits per heavy atom. The van der Waals surface area contributed by atoms with Crippen LogP contribution in [-0.4, -0.2) is 36.5 Å². The van der Waals surface area contributed by atoms with E-state index < -0.39 is 19.6 Å². The summed E-state index contributed by atoms with van der Waals surface area (Å²) < 4.78 is 29.0. The molecule has 36 heavy (non-hydrogen) atoms. The van der Waals surface area contributed by atoms with Gasteiger partial charge in [0, 0.05) is 13.8 Å². The third-order valence-electron chi connectivity index (χ3n) is 4.59. The van der Waals surface area contributed by atoms with Gasteiger partial charge in [0.1, 0.15) is 0 Å². The molecule has 207 valence electrons. The Morgan fingerprint density at radius 1 is 0.833 bits per heavy atom. The molecule has 12 heteroatoms. The first-order valence-electron chi connectivity index (χ1n) is 11.0. The molecule has 1 aromatic rings. The molecule has 1 rings (SSSR count). The number of hydrogen-bond acceptors (Lipinski definition) is 5. The quantitative estimate of drug-likeness (QED) is 0.180. The van der Waals surface area contributed by atoms with Crippen LogP contribution in [0.1, 0.15) is 76.2 Å². The number of benzene rings is 1. The largest absolute Gasteiger partial charge is 2.00 e. The van der Waals surface area contributed by atoms with Crippen LogP contribution in [0.4, 0.5) is 12.9 Å². The number of carbonyl (C=O) groups excluding carboxylic acids is 1. The van der Waals surface area contributed by atoms with Crippen LogP contribution in [0.15, 0.2) is 18.2 Å². The summed E-state index contributed by atoms with van der Waals surface area (Å²) in [6.07, 6.45) is 1.50. The van der Waals surface area contributed by atoms with Crippen LogP contribution >= 0.6 is 12.1 Å².